The molecule has 0 amide bonds. The third-order valence-electron chi connectivity index (χ3n) is 10.7. The topological polar surface area (TPSA) is 23.0 Å². The maximum absolute atomic E-state index is 2.47. The minimum atomic E-state index is 1.10. The highest BCUT2D eigenvalue weighted by Crippen LogP contribution is 2.46. The van der Waals surface area contributed by atoms with Gasteiger partial charge in [-0.15, -0.1) is 0 Å². The molecule has 0 saturated heterocycles. The van der Waals surface area contributed by atoms with Gasteiger partial charge in [0.1, 0.15) is 5.52 Å². The molecule has 0 saturated carbocycles. The van der Waals surface area contributed by atoms with Crippen LogP contribution in [0.25, 0.3) is 66.6 Å². The van der Waals surface area contributed by atoms with Crippen molar-refractivity contribution in [1.82, 2.24) is 18.5 Å². The molecule has 0 atom stereocenters. The normalized spacial score (nSPS) is 11.6. The predicted octanol–water partition coefficient (Wildman–Crippen LogP) is 12.9. The van der Waals surface area contributed by atoms with E-state index in [-0.39, 0.29) is 0 Å². The molecule has 0 aliphatic carbocycles. The fourth-order valence-corrected chi connectivity index (χ4v) is 8.43. The lowest BCUT2D eigenvalue weighted by molar-refractivity contribution is 0.720. The summed E-state index contributed by atoms with van der Waals surface area (Å²) in [5, 5.41) is 3.60. The van der Waals surface area contributed by atoms with E-state index in [0.29, 0.717) is 0 Å². The van der Waals surface area contributed by atoms with E-state index in [4.69, 9.17) is 0 Å². The van der Waals surface area contributed by atoms with Gasteiger partial charge in [-0.05, 0) is 97.1 Å². The van der Waals surface area contributed by atoms with E-state index >= 15 is 0 Å². The third-order valence-corrected chi connectivity index (χ3v) is 10.7. The summed E-state index contributed by atoms with van der Waals surface area (Å²) in [5.74, 6) is 0. The number of aromatic nitrogens is 4. The van der Waals surface area contributed by atoms with E-state index < -0.39 is 0 Å². The molecule has 0 fully saturated rings. The Morgan fingerprint density at radius 1 is 0.309 bits per heavy atom. The highest BCUT2D eigenvalue weighted by atomic mass is 15.5. The summed E-state index contributed by atoms with van der Waals surface area (Å²) in [6.45, 7) is 0. The van der Waals surface area contributed by atoms with Crippen LogP contribution in [0.4, 0.5) is 17.1 Å². The number of para-hydroxylation sites is 6. The number of hydrogen-bond acceptors (Lipinski definition) is 1. The van der Waals surface area contributed by atoms with Gasteiger partial charge in [-0.25, -0.2) is 9.36 Å². The number of rotatable bonds is 7. The van der Waals surface area contributed by atoms with Crippen LogP contribution in [0.3, 0.4) is 0 Å². The Labute approximate surface area is 318 Å². The van der Waals surface area contributed by atoms with Crippen molar-refractivity contribution < 1.29 is 0 Å². The molecular formula is C50H35N5. The van der Waals surface area contributed by atoms with E-state index in [9.17, 15) is 0 Å². The number of hydrogen-bond donors (Lipinski definition) is 0. The molecule has 0 radical (unpaired) electrons. The fraction of sp³-hybridized carbons (Fsp3) is 0. The van der Waals surface area contributed by atoms with Gasteiger partial charge in [0.2, 0.25) is 0 Å². The first-order valence-corrected chi connectivity index (χ1v) is 18.7. The molecule has 0 spiro atoms. The molecule has 5 nitrogen and oxygen atoms in total. The minimum Gasteiger partial charge on any atom is -0.310 e. The first kappa shape index (κ1) is 31.1. The van der Waals surface area contributed by atoms with Gasteiger partial charge in [-0.2, -0.15) is 0 Å². The standard InChI is InChI=1S/C50H35N5/c1-7-19-36(20-8-1)51(37-21-9-2-10-22-37)42-31-33-45-44(35-42)43-32-34-46-47(48(43)52(45)38-23-11-3-12-24-38)49-50(53(46)39-25-13-4-14-26-39)55(41-29-17-6-18-30-41)54(49)40-27-15-5-16-28-40/h1-35H. The van der Waals surface area contributed by atoms with Crippen molar-refractivity contribution in [2.45, 2.75) is 0 Å². The zero-order valence-electron chi connectivity index (χ0n) is 29.9. The van der Waals surface area contributed by atoms with Crippen molar-refractivity contribution in [3.05, 3.63) is 212 Å². The maximum Gasteiger partial charge on any atom is 0.165 e. The monoisotopic (exact) mass is 705 g/mol. The zero-order valence-corrected chi connectivity index (χ0v) is 29.9. The van der Waals surface area contributed by atoms with Gasteiger partial charge in [0.15, 0.2) is 5.65 Å². The Balaban J connectivity index is 1.30. The van der Waals surface area contributed by atoms with E-state index in [1.54, 1.807) is 0 Å². The van der Waals surface area contributed by atoms with Crippen LogP contribution in [0.1, 0.15) is 0 Å². The average Bonchev–Trinajstić information content (AvgIpc) is 3.73. The maximum atomic E-state index is 2.47. The molecule has 0 aliphatic heterocycles. The highest BCUT2D eigenvalue weighted by molar-refractivity contribution is 6.26. The molecule has 3 heterocycles. The van der Waals surface area contributed by atoms with Crippen molar-refractivity contribution in [3.8, 4) is 22.7 Å². The van der Waals surface area contributed by atoms with Crippen LogP contribution in [0, 0.1) is 0 Å². The van der Waals surface area contributed by atoms with Crippen LogP contribution >= 0.6 is 0 Å². The Kier molecular flexibility index (Phi) is 7.10. The number of fused-ring (bicyclic) bond motifs is 7. The van der Waals surface area contributed by atoms with Gasteiger partial charge in [-0.1, -0.05) is 115 Å². The molecule has 0 N–H and O–H groups in total. The van der Waals surface area contributed by atoms with Gasteiger partial charge >= 0.3 is 0 Å². The van der Waals surface area contributed by atoms with Crippen LogP contribution in [-0.2, 0) is 0 Å². The summed E-state index contributed by atoms with van der Waals surface area (Å²) in [6, 6.07) is 75.8. The van der Waals surface area contributed by atoms with Crippen molar-refractivity contribution in [2.24, 2.45) is 0 Å². The van der Waals surface area contributed by atoms with Crippen molar-refractivity contribution >= 4 is 60.9 Å². The summed E-state index contributed by atoms with van der Waals surface area (Å²) in [6.07, 6.45) is 0. The quantitative estimate of drug-likeness (QED) is 0.162. The lowest BCUT2D eigenvalue weighted by atomic mass is 10.1. The summed E-state index contributed by atoms with van der Waals surface area (Å²) < 4.78 is 9.64. The summed E-state index contributed by atoms with van der Waals surface area (Å²) in [4.78, 5) is 2.34. The molecule has 8 aromatic carbocycles. The lowest BCUT2D eigenvalue weighted by Crippen LogP contribution is -2.21. The molecule has 0 bridgehead atoms. The first-order valence-electron chi connectivity index (χ1n) is 18.7. The average molecular weight is 706 g/mol. The molecule has 55 heavy (non-hydrogen) atoms. The Morgan fingerprint density at radius 3 is 1.31 bits per heavy atom. The third kappa shape index (κ3) is 4.80. The summed E-state index contributed by atoms with van der Waals surface area (Å²) >= 11 is 0. The largest absolute Gasteiger partial charge is 0.310 e. The van der Waals surface area contributed by atoms with Gasteiger partial charge in [0.05, 0.1) is 33.3 Å². The number of benzene rings is 8. The molecule has 11 rings (SSSR count). The van der Waals surface area contributed by atoms with Crippen LogP contribution < -0.4 is 4.90 Å². The minimum absolute atomic E-state index is 1.10. The van der Waals surface area contributed by atoms with E-state index in [2.05, 4.69) is 236 Å². The van der Waals surface area contributed by atoms with Gasteiger partial charge < -0.3 is 9.47 Å². The van der Waals surface area contributed by atoms with E-state index in [1.165, 1.54) is 27.2 Å². The number of nitrogens with zero attached hydrogens (tertiary/aromatic N) is 5. The second kappa shape index (κ2) is 12.6. The Morgan fingerprint density at radius 2 is 0.764 bits per heavy atom. The number of anilines is 3. The highest BCUT2D eigenvalue weighted by Gasteiger charge is 2.30. The lowest BCUT2D eigenvalue weighted by Gasteiger charge is -2.26. The van der Waals surface area contributed by atoms with Crippen LogP contribution in [0.15, 0.2) is 212 Å². The molecule has 0 aliphatic rings. The van der Waals surface area contributed by atoms with Gasteiger partial charge in [0, 0.05) is 39.2 Å². The van der Waals surface area contributed by atoms with Crippen LogP contribution in [0.2, 0.25) is 0 Å². The summed E-state index contributed by atoms with van der Waals surface area (Å²) in [5.41, 5.74) is 13.6. The predicted molar refractivity (Wildman–Crippen MR) is 228 cm³/mol. The first-order chi connectivity index (χ1) is 27.3. The van der Waals surface area contributed by atoms with Crippen LogP contribution in [-0.4, -0.2) is 18.5 Å². The van der Waals surface area contributed by atoms with Crippen molar-refractivity contribution in [3.63, 3.8) is 0 Å². The van der Waals surface area contributed by atoms with Gasteiger partial charge in [0.25, 0.3) is 0 Å². The molecule has 5 heteroatoms. The van der Waals surface area contributed by atoms with E-state index in [0.717, 1.165) is 56.5 Å². The van der Waals surface area contributed by atoms with Crippen molar-refractivity contribution in [2.75, 3.05) is 4.90 Å². The van der Waals surface area contributed by atoms with Crippen molar-refractivity contribution in [1.29, 1.82) is 0 Å². The Bertz CT molecular complexity index is 3060. The van der Waals surface area contributed by atoms with Gasteiger partial charge in [-0.3, -0.25) is 4.57 Å². The molecular weight excluding hydrogens is 671 g/mol. The second-order valence-electron chi connectivity index (χ2n) is 13.9. The molecule has 11 aromatic rings. The van der Waals surface area contributed by atoms with E-state index in [1.807, 2.05) is 0 Å². The SMILES string of the molecule is c1ccc(N(c2ccccc2)c2ccc3c(c2)c2ccc4c(c2n3-c2ccccc2)c2c(n4-c3ccccc3)n(-c3ccccc3)n2-c2ccccc2)cc1. The molecule has 0 unspecified atom stereocenters. The fourth-order valence-electron chi connectivity index (χ4n) is 8.43. The van der Waals surface area contributed by atoms with Crippen LogP contribution in [0.5, 0.6) is 0 Å². The summed E-state index contributed by atoms with van der Waals surface area (Å²) in [7, 11) is 0. The zero-order chi connectivity index (χ0) is 36.3. The smallest absolute Gasteiger partial charge is 0.165 e. The molecule has 3 aromatic heterocycles. The molecule has 260 valence electrons. The Hall–Kier alpha value is -7.50. The second-order valence-corrected chi connectivity index (χ2v) is 13.9.